The molecule has 0 saturated heterocycles. The lowest BCUT2D eigenvalue weighted by Crippen LogP contribution is -2.19. The second-order valence-electron chi connectivity index (χ2n) is 5.88. The van der Waals surface area contributed by atoms with Gasteiger partial charge >= 0.3 is 0 Å². The van der Waals surface area contributed by atoms with Crippen molar-refractivity contribution >= 4 is 16.2 Å². The highest BCUT2D eigenvalue weighted by Gasteiger charge is 2.15. The Morgan fingerprint density at radius 1 is 1.12 bits per heavy atom. The number of nitrogens with one attached hydrogen (secondary N) is 1. The van der Waals surface area contributed by atoms with Crippen LogP contribution in [0.4, 0.5) is 0 Å². The van der Waals surface area contributed by atoms with E-state index in [0.29, 0.717) is 29.2 Å². The maximum Gasteiger partial charge on any atom is 0.276 e. The summed E-state index contributed by atoms with van der Waals surface area (Å²) in [6.45, 7) is 6.29. The monoisotopic (exact) mass is 376 g/mol. The van der Waals surface area contributed by atoms with Gasteiger partial charge in [-0.2, -0.15) is 13.5 Å². The molecule has 0 aliphatic carbocycles. The van der Waals surface area contributed by atoms with Gasteiger partial charge in [0, 0.05) is 0 Å². The lowest BCUT2D eigenvalue weighted by Gasteiger charge is -2.10. The smallest absolute Gasteiger partial charge is 0.276 e. The number of methoxy groups -OCH3 is 1. The molecule has 7 heteroatoms. The molecule has 0 heterocycles. The van der Waals surface area contributed by atoms with Crippen LogP contribution >= 0.6 is 0 Å². The standard InChI is InChI=1S/C19H24N2O4S/c1-5-10-25-17-8-7-16(12-18(17)24-4)13-20-21-26(22,23)19-9-6-14(2)11-15(19)3/h6-9,11-13,21H,5,10H2,1-4H3/b20-13+. The van der Waals surface area contributed by atoms with Crippen molar-refractivity contribution in [1.82, 2.24) is 4.83 Å². The normalized spacial score (nSPS) is 11.5. The molecule has 0 aliphatic rings. The first-order chi connectivity index (χ1) is 12.4. The quantitative estimate of drug-likeness (QED) is 0.566. The lowest BCUT2D eigenvalue weighted by atomic mass is 10.2. The van der Waals surface area contributed by atoms with E-state index >= 15 is 0 Å². The van der Waals surface area contributed by atoms with E-state index < -0.39 is 10.0 Å². The van der Waals surface area contributed by atoms with Gasteiger partial charge in [0.05, 0.1) is 24.8 Å². The Labute approximate surface area is 154 Å². The summed E-state index contributed by atoms with van der Waals surface area (Å²) < 4.78 is 35.7. The molecule has 26 heavy (non-hydrogen) atoms. The van der Waals surface area contributed by atoms with Gasteiger partial charge < -0.3 is 9.47 Å². The van der Waals surface area contributed by atoms with Crippen molar-refractivity contribution in [3.8, 4) is 11.5 Å². The fraction of sp³-hybridized carbons (Fsp3) is 0.316. The van der Waals surface area contributed by atoms with Gasteiger partial charge in [-0.05, 0) is 55.7 Å². The Hall–Kier alpha value is -2.54. The molecule has 0 aromatic heterocycles. The number of benzene rings is 2. The molecule has 2 aromatic carbocycles. The van der Waals surface area contributed by atoms with Crippen LogP contribution in [0.2, 0.25) is 0 Å². The number of hydrogen-bond acceptors (Lipinski definition) is 5. The molecule has 0 saturated carbocycles. The van der Waals surface area contributed by atoms with Gasteiger partial charge in [-0.3, -0.25) is 0 Å². The number of nitrogens with zero attached hydrogens (tertiary/aromatic N) is 1. The molecule has 2 rings (SSSR count). The van der Waals surface area contributed by atoms with Crippen LogP contribution in [0.3, 0.4) is 0 Å². The summed E-state index contributed by atoms with van der Waals surface area (Å²) in [4.78, 5) is 2.45. The third kappa shape index (κ3) is 4.98. The minimum absolute atomic E-state index is 0.209. The summed E-state index contributed by atoms with van der Waals surface area (Å²) in [6.07, 6.45) is 2.32. The third-order valence-electron chi connectivity index (χ3n) is 3.66. The topological polar surface area (TPSA) is 77.0 Å². The summed E-state index contributed by atoms with van der Waals surface area (Å²) in [5.41, 5.74) is 2.36. The summed E-state index contributed by atoms with van der Waals surface area (Å²) in [6, 6.07) is 10.4. The predicted octanol–water partition coefficient (Wildman–Crippen LogP) is 3.41. The lowest BCUT2D eigenvalue weighted by molar-refractivity contribution is 0.294. The van der Waals surface area contributed by atoms with Gasteiger partial charge in [0.1, 0.15) is 0 Å². The van der Waals surface area contributed by atoms with Crippen molar-refractivity contribution in [3.05, 3.63) is 53.1 Å². The second kappa shape index (κ2) is 8.71. The second-order valence-corrected chi connectivity index (χ2v) is 7.51. The third-order valence-corrected chi connectivity index (χ3v) is 5.04. The van der Waals surface area contributed by atoms with Gasteiger partial charge in [0.15, 0.2) is 11.5 Å². The minimum Gasteiger partial charge on any atom is -0.493 e. The fourth-order valence-electron chi connectivity index (χ4n) is 2.42. The zero-order chi connectivity index (χ0) is 19.2. The average molecular weight is 376 g/mol. The number of hydrogen-bond donors (Lipinski definition) is 1. The minimum atomic E-state index is -3.72. The molecule has 6 nitrogen and oxygen atoms in total. The van der Waals surface area contributed by atoms with Gasteiger partial charge in [-0.15, -0.1) is 0 Å². The molecular formula is C19H24N2O4S. The van der Waals surface area contributed by atoms with Crippen LogP contribution in [0.5, 0.6) is 11.5 Å². The first kappa shape index (κ1) is 19.8. The predicted molar refractivity (Wildman–Crippen MR) is 103 cm³/mol. The van der Waals surface area contributed by atoms with E-state index in [2.05, 4.69) is 9.93 Å². The van der Waals surface area contributed by atoms with Crippen LogP contribution in [0, 0.1) is 13.8 Å². The van der Waals surface area contributed by atoms with E-state index in [0.717, 1.165) is 12.0 Å². The van der Waals surface area contributed by atoms with E-state index in [1.165, 1.54) is 6.21 Å². The van der Waals surface area contributed by atoms with Crippen LogP contribution in [0.25, 0.3) is 0 Å². The number of sulfonamides is 1. The van der Waals surface area contributed by atoms with Crippen molar-refractivity contribution in [2.45, 2.75) is 32.1 Å². The molecule has 0 bridgehead atoms. The van der Waals surface area contributed by atoms with E-state index in [1.54, 1.807) is 44.4 Å². The number of hydrazone groups is 1. The van der Waals surface area contributed by atoms with Crippen LogP contribution in [-0.4, -0.2) is 28.3 Å². The Kier molecular flexibility index (Phi) is 6.63. The first-order valence-corrected chi connectivity index (χ1v) is 9.78. The van der Waals surface area contributed by atoms with Gasteiger partial charge in [0.25, 0.3) is 10.0 Å². The molecular weight excluding hydrogens is 352 g/mol. The molecule has 0 unspecified atom stereocenters. The summed E-state index contributed by atoms with van der Waals surface area (Å²) >= 11 is 0. The van der Waals surface area contributed by atoms with Crippen molar-refractivity contribution in [2.24, 2.45) is 5.10 Å². The van der Waals surface area contributed by atoms with Gasteiger partial charge in [0.2, 0.25) is 0 Å². The molecule has 0 radical (unpaired) electrons. The van der Waals surface area contributed by atoms with Gasteiger partial charge in [-0.1, -0.05) is 24.6 Å². The highest BCUT2D eigenvalue weighted by Crippen LogP contribution is 2.27. The molecule has 0 aliphatic heterocycles. The maximum absolute atomic E-state index is 12.4. The SMILES string of the molecule is CCCOc1ccc(/C=N/NS(=O)(=O)c2ccc(C)cc2C)cc1OC. The van der Waals surface area contributed by atoms with Crippen LogP contribution in [0.15, 0.2) is 46.4 Å². The first-order valence-electron chi connectivity index (χ1n) is 8.30. The van der Waals surface area contributed by atoms with Crippen LogP contribution < -0.4 is 14.3 Å². The molecule has 0 amide bonds. The zero-order valence-electron chi connectivity index (χ0n) is 15.4. The largest absolute Gasteiger partial charge is 0.493 e. The summed E-state index contributed by atoms with van der Waals surface area (Å²) in [5.74, 6) is 1.21. The Morgan fingerprint density at radius 2 is 1.88 bits per heavy atom. The van der Waals surface area contributed by atoms with Crippen molar-refractivity contribution in [1.29, 1.82) is 0 Å². The number of rotatable bonds is 8. The summed E-state index contributed by atoms with van der Waals surface area (Å²) in [5, 5.41) is 3.86. The van der Waals surface area contributed by atoms with E-state index in [9.17, 15) is 8.42 Å². The fourth-order valence-corrected chi connectivity index (χ4v) is 3.44. The van der Waals surface area contributed by atoms with Crippen molar-refractivity contribution < 1.29 is 17.9 Å². The molecule has 2 aromatic rings. The van der Waals surface area contributed by atoms with Crippen LogP contribution in [-0.2, 0) is 10.0 Å². The molecule has 0 atom stereocenters. The molecule has 0 fully saturated rings. The maximum atomic E-state index is 12.4. The van der Waals surface area contributed by atoms with E-state index in [1.807, 2.05) is 19.9 Å². The van der Waals surface area contributed by atoms with Crippen LogP contribution in [0.1, 0.15) is 30.0 Å². The molecule has 0 spiro atoms. The Morgan fingerprint density at radius 3 is 2.54 bits per heavy atom. The summed E-state index contributed by atoms with van der Waals surface area (Å²) in [7, 11) is -2.16. The number of ether oxygens (including phenoxy) is 2. The highest BCUT2D eigenvalue weighted by atomic mass is 32.2. The van der Waals surface area contributed by atoms with E-state index in [-0.39, 0.29) is 4.90 Å². The van der Waals surface area contributed by atoms with E-state index in [4.69, 9.17) is 9.47 Å². The Bertz CT molecular complexity index is 892. The molecule has 1 N–H and O–H groups in total. The highest BCUT2D eigenvalue weighted by molar-refractivity contribution is 7.89. The van der Waals surface area contributed by atoms with Crippen molar-refractivity contribution in [2.75, 3.05) is 13.7 Å². The van der Waals surface area contributed by atoms with Crippen molar-refractivity contribution in [3.63, 3.8) is 0 Å². The zero-order valence-corrected chi connectivity index (χ0v) is 16.3. The number of aryl methyl sites for hydroxylation is 2. The average Bonchev–Trinajstić information content (AvgIpc) is 2.59. The Balaban J connectivity index is 2.14. The van der Waals surface area contributed by atoms with Gasteiger partial charge in [-0.25, -0.2) is 4.83 Å². The molecule has 140 valence electrons.